The molecule has 188 valence electrons. The number of hydrogen-bond acceptors (Lipinski definition) is 4. The molecule has 0 spiro atoms. The molecule has 0 amide bonds. The lowest BCUT2D eigenvalue weighted by Crippen LogP contribution is -2.55. The zero-order valence-corrected chi connectivity index (χ0v) is 21.9. The van der Waals surface area contributed by atoms with Gasteiger partial charge in [-0.3, -0.25) is 4.79 Å². The van der Waals surface area contributed by atoms with Crippen molar-refractivity contribution in [3.8, 4) is 0 Å². The molecule has 4 nitrogen and oxygen atoms in total. The summed E-state index contributed by atoms with van der Waals surface area (Å²) in [7, 11) is 0. The largest absolute Gasteiger partial charge is 0.462 e. The van der Waals surface area contributed by atoms with Gasteiger partial charge in [0.25, 0.3) is 0 Å². The quantitative estimate of drug-likeness (QED) is 0.374. The van der Waals surface area contributed by atoms with Crippen LogP contribution in [0.2, 0.25) is 0 Å². The fraction of sp³-hybridized carbons (Fsp3) is 0.897. The number of ether oxygens (including phenoxy) is 1. The summed E-state index contributed by atoms with van der Waals surface area (Å²) in [6.45, 7) is 12.7. The van der Waals surface area contributed by atoms with Crippen molar-refractivity contribution in [2.75, 3.05) is 0 Å². The van der Waals surface area contributed by atoms with Crippen molar-refractivity contribution in [3.63, 3.8) is 0 Å². The molecule has 4 heteroatoms. The van der Waals surface area contributed by atoms with Crippen molar-refractivity contribution in [2.45, 2.75) is 124 Å². The SMILES string of the molecule is CC(=O)O[C@H]1CC[C@@]2(C)C(=CC[C@H]3[C@@H]4CC[C@H]([C@](C)(O)[C@@H](O)CCC(C)C)[C@@]4(C)CC[C@@H]32)C1. The van der Waals surface area contributed by atoms with Gasteiger partial charge in [-0.2, -0.15) is 0 Å². The molecule has 0 aromatic rings. The van der Waals surface area contributed by atoms with E-state index in [1.165, 1.54) is 25.3 Å². The van der Waals surface area contributed by atoms with Crippen molar-refractivity contribution >= 4 is 5.97 Å². The van der Waals surface area contributed by atoms with E-state index in [4.69, 9.17) is 4.74 Å². The number of rotatable bonds is 6. The topological polar surface area (TPSA) is 66.8 Å². The van der Waals surface area contributed by atoms with Gasteiger partial charge in [-0.05, 0) is 105 Å². The molecule has 0 saturated heterocycles. The van der Waals surface area contributed by atoms with Crippen molar-refractivity contribution in [1.82, 2.24) is 0 Å². The number of esters is 1. The standard InChI is InChI=1S/C29H48O4/c1-18(2)7-12-26(31)29(6,32)25-11-10-23-22-9-8-20-17-21(33-19(3)30)13-15-27(20,4)24(22)14-16-28(23,25)5/h8,18,21-26,31-32H,7,9-17H2,1-6H3/t21-,22-,23-,24-,25-,26-,27-,28-,29-/m0/s1. The normalized spacial score (nSPS) is 43.1. The summed E-state index contributed by atoms with van der Waals surface area (Å²) in [5.74, 6) is 2.50. The maximum atomic E-state index is 11.6. The monoisotopic (exact) mass is 460 g/mol. The van der Waals surface area contributed by atoms with E-state index >= 15 is 0 Å². The van der Waals surface area contributed by atoms with E-state index in [0.29, 0.717) is 30.1 Å². The molecule has 0 bridgehead atoms. The van der Waals surface area contributed by atoms with E-state index in [9.17, 15) is 15.0 Å². The molecule has 3 fully saturated rings. The third-order valence-electron chi connectivity index (χ3n) is 10.8. The van der Waals surface area contributed by atoms with Gasteiger partial charge in [0.05, 0.1) is 11.7 Å². The lowest BCUT2D eigenvalue weighted by molar-refractivity contribution is -0.154. The molecule has 0 aromatic heterocycles. The molecule has 4 rings (SSSR count). The average molecular weight is 461 g/mol. The molecule has 9 atom stereocenters. The lowest BCUT2D eigenvalue weighted by atomic mass is 9.46. The lowest BCUT2D eigenvalue weighted by Gasteiger charge is -2.59. The Morgan fingerprint density at radius 2 is 1.88 bits per heavy atom. The minimum Gasteiger partial charge on any atom is -0.462 e. The minimum absolute atomic E-state index is 0.0468. The van der Waals surface area contributed by atoms with E-state index in [-0.39, 0.29) is 28.8 Å². The molecule has 0 aliphatic heterocycles. The van der Waals surface area contributed by atoms with Crippen LogP contribution in [-0.4, -0.2) is 34.0 Å². The highest BCUT2D eigenvalue weighted by molar-refractivity contribution is 5.66. The van der Waals surface area contributed by atoms with Crippen molar-refractivity contribution in [2.24, 2.45) is 40.4 Å². The van der Waals surface area contributed by atoms with Gasteiger partial charge in [0.2, 0.25) is 0 Å². The van der Waals surface area contributed by atoms with Crippen LogP contribution < -0.4 is 0 Å². The molecular weight excluding hydrogens is 412 g/mol. The molecule has 0 heterocycles. The number of carbonyl (C=O) groups is 1. The predicted molar refractivity (Wildman–Crippen MR) is 131 cm³/mol. The van der Waals surface area contributed by atoms with E-state index in [1.807, 2.05) is 6.92 Å². The van der Waals surface area contributed by atoms with E-state index in [1.54, 1.807) is 0 Å². The number of aliphatic hydroxyl groups excluding tert-OH is 1. The Morgan fingerprint density at radius 1 is 1.15 bits per heavy atom. The van der Waals surface area contributed by atoms with Gasteiger partial charge in [-0.25, -0.2) is 0 Å². The van der Waals surface area contributed by atoms with E-state index in [2.05, 4.69) is 33.8 Å². The van der Waals surface area contributed by atoms with E-state index < -0.39 is 11.7 Å². The average Bonchev–Trinajstić information content (AvgIpc) is 3.09. The highest BCUT2D eigenvalue weighted by atomic mass is 16.5. The van der Waals surface area contributed by atoms with E-state index in [0.717, 1.165) is 44.9 Å². The Morgan fingerprint density at radius 3 is 2.55 bits per heavy atom. The van der Waals surface area contributed by atoms with Gasteiger partial charge in [-0.15, -0.1) is 0 Å². The Labute approximate surface area is 201 Å². The molecule has 4 aliphatic rings. The van der Waals surface area contributed by atoms with Crippen LogP contribution in [0.15, 0.2) is 11.6 Å². The van der Waals surface area contributed by atoms with Gasteiger partial charge in [-0.1, -0.05) is 39.3 Å². The number of fused-ring (bicyclic) bond motifs is 5. The van der Waals surface area contributed by atoms with Crippen LogP contribution in [0, 0.1) is 40.4 Å². The first-order valence-electron chi connectivity index (χ1n) is 13.7. The fourth-order valence-electron chi connectivity index (χ4n) is 8.94. The smallest absolute Gasteiger partial charge is 0.302 e. The van der Waals surface area contributed by atoms with Crippen LogP contribution >= 0.6 is 0 Å². The van der Waals surface area contributed by atoms with Gasteiger partial charge in [0.15, 0.2) is 0 Å². The van der Waals surface area contributed by atoms with Crippen LogP contribution in [0.5, 0.6) is 0 Å². The summed E-state index contributed by atoms with van der Waals surface area (Å²) in [6.07, 6.45) is 12.2. The summed E-state index contributed by atoms with van der Waals surface area (Å²) in [4.78, 5) is 11.5. The molecule has 3 saturated carbocycles. The Hall–Kier alpha value is -0.870. The number of allylic oxidation sites excluding steroid dienone is 1. The van der Waals surface area contributed by atoms with Crippen LogP contribution in [-0.2, 0) is 9.53 Å². The number of carbonyl (C=O) groups excluding carboxylic acids is 1. The van der Waals surface area contributed by atoms with Gasteiger partial charge in [0, 0.05) is 13.3 Å². The van der Waals surface area contributed by atoms with Crippen molar-refractivity contribution in [3.05, 3.63) is 11.6 Å². The second-order valence-electron chi connectivity index (χ2n) is 13.1. The second-order valence-corrected chi connectivity index (χ2v) is 13.1. The second kappa shape index (κ2) is 8.97. The Bertz CT molecular complexity index is 770. The summed E-state index contributed by atoms with van der Waals surface area (Å²) in [6, 6.07) is 0. The molecule has 4 aliphatic carbocycles. The third-order valence-corrected chi connectivity index (χ3v) is 10.8. The van der Waals surface area contributed by atoms with Gasteiger partial charge < -0.3 is 14.9 Å². The summed E-state index contributed by atoms with van der Waals surface area (Å²) < 4.78 is 5.58. The molecule has 0 unspecified atom stereocenters. The van der Waals surface area contributed by atoms with Crippen LogP contribution in [0.4, 0.5) is 0 Å². The molecule has 0 aromatic carbocycles. The maximum absolute atomic E-state index is 11.6. The first-order chi connectivity index (χ1) is 15.4. The molecule has 33 heavy (non-hydrogen) atoms. The highest BCUT2D eigenvalue weighted by Crippen LogP contribution is 2.67. The predicted octanol–water partition coefficient (Wildman–Crippen LogP) is 6.05. The Kier molecular flexibility index (Phi) is 6.86. The minimum atomic E-state index is -1.02. The van der Waals surface area contributed by atoms with Crippen LogP contribution in [0.1, 0.15) is 106 Å². The van der Waals surface area contributed by atoms with Crippen molar-refractivity contribution in [1.29, 1.82) is 0 Å². The third kappa shape index (κ3) is 4.33. The molecule has 0 radical (unpaired) electrons. The highest BCUT2D eigenvalue weighted by Gasteiger charge is 2.62. The zero-order valence-electron chi connectivity index (χ0n) is 21.9. The number of aliphatic hydroxyl groups is 2. The zero-order chi connectivity index (χ0) is 24.2. The fourth-order valence-corrected chi connectivity index (χ4v) is 8.94. The van der Waals surface area contributed by atoms with Crippen LogP contribution in [0.3, 0.4) is 0 Å². The Balaban J connectivity index is 1.52. The first kappa shape index (κ1) is 25.2. The summed E-state index contributed by atoms with van der Waals surface area (Å²) >= 11 is 0. The molecular formula is C29H48O4. The summed E-state index contributed by atoms with van der Waals surface area (Å²) in [5.41, 5.74) is 0.821. The van der Waals surface area contributed by atoms with Gasteiger partial charge >= 0.3 is 5.97 Å². The van der Waals surface area contributed by atoms with Crippen LogP contribution in [0.25, 0.3) is 0 Å². The van der Waals surface area contributed by atoms with Gasteiger partial charge in [0.1, 0.15) is 6.10 Å². The first-order valence-corrected chi connectivity index (χ1v) is 13.7. The maximum Gasteiger partial charge on any atom is 0.302 e. The summed E-state index contributed by atoms with van der Waals surface area (Å²) in [5, 5.41) is 22.6. The number of hydrogen-bond donors (Lipinski definition) is 2. The molecule has 2 N–H and O–H groups in total. The van der Waals surface area contributed by atoms with Crippen molar-refractivity contribution < 1.29 is 19.7 Å².